The molecule has 0 fully saturated rings. The number of carboxylic acids is 1. The van der Waals surface area contributed by atoms with E-state index in [2.05, 4.69) is 18.5 Å². The molecule has 94 valence electrons. The molecule has 1 unspecified atom stereocenters. The Hall–Kier alpha value is -1.36. The van der Waals surface area contributed by atoms with E-state index in [0.29, 0.717) is 10.9 Å². The van der Waals surface area contributed by atoms with Gasteiger partial charge in [-0.25, -0.2) is 4.79 Å². The first-order chi connectivity index (χ1) is 8.04. The molecular formula is C12H18N2O2S. The fourth-order valence-corrected chi connectivity index (χ4v) is 1.74. The summed E-state index contributed by atoms with van der Waals surface area (Å²) in [7, 11) is 0. The third-order valence-corrected chi connectivity index (χ3v) is 3.61. The number of aromatic carboxylic acids is 1. The van der Waals surface area contributed by atoms with Crippen LogP contribution in [-0.2, 0) is 0 Å². The summed E-state index contributed by atoms with van der Waals surface area (Å²) >= 11 is 1.82. The molecule has 4 nitrogen and oxygen atoms in total. The van der Waals surface area contributed by atoms with Gasteiger partial charge in [0, 0.05) is 23.2 Å². The van der Waals surface area contributed by atoms with Crippen LogP contribution in [0.15, 0.2) is 18.2 Å². The van der Waals surface area contributed by atoms with Crippen molar-refractivity contribution >= 4 is 29.1 Å². The summed E-state index contributed by atoms with van der Waals surface area (Å²) in [5, 5.41) is 12.7. The molecule has 0 aliphatic rings. The number of rotatable bonds is 6. The Morgan fingerprint density at radius 3 is 2.88 bits per heavy atom. The summed E-state index contributed by atoms with van der Waals surface area (Å²) in [6.45, 7) is 2.99. The van der Waals surface area contributed by atoms with Gasteiger partial charge >= 0.3 is 5.97 Å². The van der Waals surface area contributed by atoms with Gasteiger partial charge in [-0.15, -0.1) is 0 Å². The number of anilines is 2. The van der Waals surface area contributed by atoms with Crippen molar-refractivity contribution in [1.29, 1.82) is 0 Å². The zero-order valence-corrected chi connectivity index (χ0v) is 10.9. The van der Waals surface area contributed by atoms with Gasteiger partial charge in [-0.05, 0) is 30.9 Å². The van der Waals surface area contributed by atoms with Crippen LogP contribution in [-0.4, -0.2) is 29.1 Å². The van der Waals surface area contributed by atoms with Crippen molar-refractivity contribution in [3.05, 3.63) is 23.8 Å². The first-order valence-corrected chi connectivity index (χ1v) is 6.73. The second-order valence-corrected chi connectivity index (χ2v) is 5.15. The number of carbonyl (C=O) groups is 1. The largest absolute Gasteiger partial charge is 0.478 e. The third kappa shape index (κ3) is 4.19. The van der Waals surface area contributed by atoms with Crippen molar-refractivity contribution in [1.82, 2.24) is 0 Å². The van der Waals surface area contributed by atoms with Crippen LogP contribution in [0.5, 0.6) is 0 Å². The van der Waals surface area contributed by atoms with Gasteiger partial charge in [-0.1, -0.05) is 6.92 Å². The minimum absolute atomic E-state index is 0.146. The average molecular weight is 254 g/mol. The lowest BCUT2D eigenvalue weighted by Gasteiger charge is -2.11. The summed E-state index contributed by atoms with van der Waals surface area (Å²) in [4.78, 5) is 10.9. The molecule has 0 heterocycles. The lowest BCUT2D eigenvalue weighted by atomic mass is 10.1. The van der Waals surface area contributed by atoms with Crippen LogP contribution < -0.4 is 11.1 Å². The molecule has 0 aliphatic carbocycles. The second-order valence-electron chi connectivity index (χ2n) is 3.87. The van der Waals surface area contributed by atoms with Crippen molar-refractivity contribution < 1.29 is 9.90 Å². The highest BCUT2D eigenvalue weighted by molar-refractivity contribution is 7.99. The van der Waals surface area contributed by atoms with Gasteiger partial charge in [0.2, 0.25) is 0 Å². The maximum Gasteiger partial charge on any atom is 0.337 e. The third-order valence-electron chi connectivity index (χ3n) is 2.57. The normalized spacial score (nSPS) is 12.1. The lowest BCUT2D eigenvalue weighted by Crippen LogP contribution is -2.09. The zero-order valence-electron chi connectivity index (χ0n) is 10.1. The van der Waals surface area contributed by atoms with Crippen LogP contribution in [0.25, 0.3) is 0 Å². The monoisotopic (exact) mass is 254 g/mol. The molecule has 5 heteroatoms. The molecule has 0 amide bonds. The first-order valence-electron chi connectivity index (χ1n) is 5.44. The molecule has 1 rings (SSSR count). The van der Waals surface area contributed by atoms with Crippen LogP contribution in [0.3, 0.4) is 0 Å². The highest BCUT2D eigenvalue weighted by atomic mass is 32.2. The van der Waals surface area contributed by atoms with Crippen LogP contribution in [0, 0.1) is 0 Å². The minimum Gasteiger partial charge on any atom is -0.478 e. The molecule has 1 atom stereocenters. The van der Waals surface area contributed by atoms with Crippen LogP contribution >= 0.6 is 11.8 Å². The summed E-state index contributed by atoms with van der Waals surface area (Å²) in [6.07, 6.45) is 3.12. The van der Waals surface area contributed by atoms with Gasteiger partial charge in [0.25, 0.3) is 0 Å². The Balaban J connectivity index is 2.60. The Bertz CT molecular complexity index is 396. The van der Waals surface area contributed by atoms with E-state index in [4.69, 9.17) is 10.8 Å². The van der Waals surface area contributed by atoms with Gasteiger partial charge < -0.3 is 16.2 Å². The standard InChI is InChI=1S/C12H18N2O2S/c1-8(17-2)5-6-14-9-3-4-11(13)10(7-9)12(15)16/h3-4,7-8,14H,5-6,13H2,1-2H3,(H,15,16). The lowest BCUT2D eigenvalue weighted by molar-refractivity contribution is 0.0698. The summed E-state index contributed by atoms with van der Waals surface area (Å²) in [5.41, 5.74) is 6.81. The van der Waals surface area contributed by atoms with Crippen molar-refractivity contribution in [2.24, 2.45) is 0 Å². The SMILES string of the molecule is CSC(C)CCNc1ccc(N)c(C(=O)O)c1. The van der Waals surface area contributed by atoms with E-state index < -0.39 is 5.97 Å². The van der Waals surface area contributed by atoms with Crippen molar-refractivity contribution in [2.45, 2.75) is 18.6 Å². The predicted octanol–water partition coefficient (Wildman–Crippen LogP) is 2.52. The molecule has 17 heavy (non-hydrogen) atoms. The highest BCUT2D eigenvalue weighted by Gasteiger charge is 2.08. The number of hydrogen-bond acceptors (Lipinski definition) is 4. The fourth-order valence-electron chi connectivity index (χ4n) is 1.39. The summed E-state index contributed by atoms with van der Waals surface area (Å²) in [6, 6.07) is 4.98. The van der Waals surface area contributed by atoms with Crippen molar-refractivity contribution in [3.63, 3.8) is 0 Å². The molecule has 1 aromatic rings. The van der Waals surface area contributed by atoms with E-state index in [1.165, 1.54) is 0 Å². The molecule has 0 aromatic heterocycles. The number of benzene rings is 1. The molecular weight excluding hydrogens is 236 g/mol. The number of carboxylic acid groups (broad SMARTS) is 1. The van der Waals surface area contributed by atoms with Crippen molar-refractivity contribution in [2.75, 3.05) is 23.9 Å². The Morgan fingerprint density at radius 2 is 2.29 bits per heavy atom. The first kappa shape index (κ1) is 13.7. The second kappa shape index (κ2) is 6.39. The van der Waals surface area contributed by atoms with E-state index in [-0.39, 0.29) is 5.56 Å². The smallest absolute Gasteiger partial charge is 0.337 e. The fraction of sp³-hybridized carbons (Fsp3) is 0.417. The van der Waals surface area contributed by atoms with E-state index in [9.17, 15) is 4.79 Å². The Kier molecular flexibility index (Phi) is 5.15. The number of hydrogen-bond donors (Lipinski definition) is 3. The van der Waals surface area contributed by atoms with Crippen LogP contribution in [0.2, 0.25) is 0 Å². The molecule has 1 aromatic carbocycles. The van der Waals surface area contributed by atoms with Gasteiger partial charge in [0.1, 0.15) is 0 Å². The number of nitrogens with two attached hydrogens (primary N) is 1. The molecule has 4 N–H and O–H groups in total. The molecule has 0 bridgehead atoms. The van der Waals surface area contributed by atoms with Gasteiger partial charge in [-0.2, -0.15) is 11.8 Å². The van der Waals surface area contributed by atoms with Gasteiger partial charge in [-0.3, -0.25) is 0 Å². The maximum atomic E-state index is 10.9. The molecule has 0 saturated heterocycles. The summed E-state index contributed by atoms with van der Waals surface area (Å²) < 4.78 is 0. The number of thioether (sulfide) groups is 1. The topological polar surface area (TPSA) is 75.3 Å². The number of nitrogen functional groups attached to an aromatic ring is 1. The Labute approximate surface area is 106 Å². The van der Waals surface area contributed by atoms with Crippen LogP contribution in [0.1, 0.15) is 23.7 Å². The highest BCUT2D eigenvalue weighted by Crippen LogP contribution is 2.18. The van der Waals surface area contributed by atoms with Gasteiger partial charge in [0.05, 0.1) is 5.56 Å². The van der Waals surface area contributed by atoms with Gasteiger partial charge in [0.15, 0.2) is 0 Å². The van der Waals surface area contributed by atoms with E-state index in [1.54, 1.807) is 18.2 Å². The average Bonchev–Trinajstić information content (AvgIpc) is 2.30. The quantitative estimate of drug-likeness (QED) is 0.680. The van der Waals surface area contributed by atoms with E-state index in [0.717, 1.165) is 18.7 Å². The predicted molar refractivity (Wildman–Crippen MR) is 73.9 cm³/mol. The molecule has 0 saturated carbocycles. The van der Waals surface area contributed by atoms with Crippen LogP contribution in [0.4, 0.5) is 11.4 Å². The molecule has 0 radical (unpaired) electrons. The minimum atomic E-state index is -0.997. The zero-order chi connectivity index (χ0) is 12.8. The maximum absolute atomic E-state index is 10.9. The van der Waals surface area contributed by atoms with Crippen molar-refractivity contribution in [3.8, 4) is 0 Å². The molecule has 0 aliphatic heterocycles. The number of nitrogens with one attached hydrogen (secondary N) is 1. The summed E-state index contributed by atoms with van der Waals surface area (Å²) in [5.74, 6) is -0.997. The van der Waals surface area contributed by atoms with E-state index in [1.807, 2.05) is 11.8 Å². The molecule has 0 spiro atoms. The van der Waals surface area contributed by atoms with E-state index >= 15 is 0 Å². The Morgan fingerprint density at radius 1 is 1.59 bits per heavy atom.